The van der Waals surface area contributed by atoms with E-state index in [1.54, 1.807) is 18.2 Å². The van der Waals surface area contributed by atoms with Gasteiger partial charge >= 0.3 is 0 Å². The maximum atomic E-state index is 12.9. The SMILES string of the molecule is C=C(C)CN(CC)S(=O)(=O)c1ccc(N)c2ccccc12. The summed E-state index contributed by atoms with van der Waals surface area (Å²) in [6, 6.07) is 10.5. The van der Waals surface area contributed by atoms with E-state index in [0.29, 0.717) is 24.2 Å². The molecule has 0 bridgehead atoms. The van der Waals surface area contributed by atoms with Crippen LogP contribution in [0.25, 0.3) is 10.8 Å². The minimum atomic E-state index is -3.57. The van der Waals surface area contributed by atoms with Crippen LogP contribution in [-0.4, -0.2) is 25.8 Å². The first-order chi connectivity index (χ1) is 9.87. The summed E-state index contributed by atoms with van der Waals surface area (Å²) in [5.74, 6) is 0. The molecule has 112 valence electrons. The zero-order valence-electron chi connectivity index (χ0n) is 12.3. The molecular weight excluding hydrogens is 284 g/mol. The Bertz CT molecular complexity index is 782. The van der Waals surface area contributed by atoms with Crippen molar-refractivity contribution in [1.82, 2.24) is 4.31 Å². The Morgan fingerprint density at radius 2 is 1.81 bits per heavy atom. The lowest BCUT2D eigenvalue weighted by atomic mass is 10.1. The van der Waals surface area contributed by atoms with Crippen molar-refractivity contribution >= 4 is 26.5 Å². The number of rotatable bonds is 5. The Morgan fingerprint density at radius 1 is 1.19 bits per heavy atom. The molecule has 21 heavy (non-hydrogen) atoms. The number of nitrogens with zero attached hydrogens (tertiary/aromatic N) is 1. The van der Waals surface area contributed by atoms with E-state index in [1.165, 1.54) is 4.31 Å². The van der Waals surface area contributed by atoms with Crippen molar-refractivity contribution in [3.05, 3.63) is 48.6 Å². The number of fused-ring (bicyclic) bond motifs is 1. The highest BCUT2D eigenvalue weighted by atomic mass is 32.2. The number of benzene rings is 2. The van der Waals surface area contributed by atoms with Gasteiger partial charge in [0.15, 0.2) is 0 Å². The molecule has 0 aliphatic carbocycles. The van der Waals surface area contributed by atoms with E-state index in [0.717, 1.165) is 11.0 Å². The highest BCUT2D eigenvalue weighted by Gasteiger charge is 2.25. The number of nitrogen functional groups attached to an aromatic ring is 1. The van der Waals surface area contributed by atoms with Crippen LogP contribution in [0.3, 0.4) is 0 Å². The van der Waals surface area contributed by atoms with Crippen LogP contribution >= 0.6 is 0 Å². The normalized spacial score (nSPS) is 12.0. The van der Waals surface area contributed by atoms with Gasteiger partial charge in [-0.1, -0.05) is 43.3 Å². The second kappa shape index (κ2) is 5.87. The van der Waals surface area contributed by atoms with Gasteiger partial charge in [-0.25, -0.2) is 8.42 Å². The van der Waals surface area contributed by atoms with Gasteiger partial charge in [0.2, 0.25) is 10.0 Å². The molecule has 2 aromatic carbocycles. The zero-order valence-corrected chi connectivity index (χ0v) is 13.2. The zero-order chi connectivity index (χ0) is 15.6. The van der Waals surface area contributed by atoms with Crippen molar-refractivity contribution in [2.45, 2.75) is 18.7 Å². The van der Waals surface area contributed by atoms with E-state index < -0.39 is 10.0 Å². The first-order valence-electron chi connectivity index (χ1n) is 6.79. The standard InChI is InChI=1S/C16H20N2O2S/c1-4-18(11-12(2)3)21(19,20)16-10-9-15(17)13-7-5-6-8-14(13)16/h5-10H,2,4,11,17H2,1,3H3. The molecular formula is C16H20N2O2S. The van der Waals surface area contributed by atoms with Crippen molar-refractivity contribution in [2.75, 3.05) is 18.8 Å². The summed E-state index contributed by atoms with van der Waals surface area (Å²) < 4.78 is 27.2. The Hall–Kier alpha value is -1.85. The highest BCUT2D eigenvalue weighted by molar-refractivity contribution is 7.89. The maximum Gasteiger partial charge on any atom is 0.243 e. The van der Waals surface area contributed by atoms with Gasteiger partial charge in [-0.05, 0) is 19.1 Å². The van der Waals surface area contributed by atoms with Crippen molar-refractivity contribution in [2.24, 2.45) is 0 Å². The third-order valence-electron chi connectivity index (χ3n) is 3.33. The van der Waals surface area contributed by atoms with Gasteiger partial charge in [0.25, 0.3) is 0 Å². The van der Waals surface area contributed by atoms with E-state index in [9.17, 15) is 8.42 Å². The summed E-state index contributed by atoms with van der Waals surface area (Å²) in [5, 5.41) is 1.41. The van der Waals surface area contributed by atoms with Crippen molar-refractivity contribution in [3.63, 3.8) is 0 Å². The molecule has 0 fully saturated rings. The molecule has 2 rings (SSSR count). The van der Waals surface area contributed by atoms with Crippen LogP contribution in [0.15, 0.2) is 53.4 Å². The minimum Gasteiger partial charge on any atom is -0.398 e. The van der Waals surface area contributed by atoms with E-state index in [1.807, 2.05) is 32.0 Å². The Morgan fingerprint density at radius 3 is 2.38 bits per heavy atom. The second-order valence-corrected chi connectivity index (χ2v) is 6.99. The first-order valence-corrected chi connectivity index (χ1v) is 8.23. The lowest BCUT2D eigenvalue weighted by molar-refractivity contribution is 0.453. The highest BCUT2D eigenvalue weighted by Crippen LogP contribution is 2.29. The molecule has 0 aliphatic rings. The topological polar surface area (TPSA) is 63.4 Å². The number of nitrogens with two attached hydrogens (primary N) is 1. The smallest absolute Gasteiger partial charge is 0.243 e. The molecule has 0 unspecified atom stereocenters. The molecule has 0 amide bonds. The fourth-order valence-corrected chi connectivity index (χ4v) is 4.03. The van der Waals surface area contributed by atoms with Crippen LogP contribution in [0.5, 0.6) is 0 Å². The summed E-state index contributed by atoms with van der Waals surface area (Å²) in [6.07, 6.45) is 0. The van der Waals surface area contributed by atoms with E-state index >= 15 is 0 Å². The van der Waals surface area contributed by atoms with Crippen LogP contribution in [0.4, 0.5) is 5.69 Å². The Kier molecular flexibility index (Phi) is 4.34. The van der Waals surface area contributed by atoms with Crippen LogP contribution in [-0.2, 0) is 10.0 Å². The van der Waals surface area contributed by atoms with Gasteiger partial charge in [0.1, 0.15) is 0 Å². The molecule has 0 aromatic heterocycles. The fraction of sp³-hybridized carbons (Fsp3) is 0.250. The predicted molar refractivity (Wildman–Crippen MR) is 87.6 cm³/mol. The molecule has 0 heterocycles. The van der Waals surface area contributed by atoms with Crippen molar-refractivity contribution in [3.8, 4) is 0 Å². The molecule has 4 nitrogen and oxygen atoms in total. The van der Waals surface area contributed by atoms with E-state index in [-0.39, 0.29) is 4.90 Å². The summed E-state index contributed by atoms with van der Waals surface area (Å²) in [6.45, 7) is 8.15. The number of likely N-dealkylation sites (N-methyl/N-ethyl adjacent to an activating group) is 1. The van der Waals surface area contributed by atoms with Crippen LogP contribution in [0.2, 0.25) is 0 Å². The predicted octanol–water partition coefficient (Wildman–Crippen LogP) is 3.01. The molecule has 0 radical (unpaired) electrons. The van der Waals surface area contributed by atoms with Gasteiger partial charge in [-0.3, -0.25) is 0 Å². The summed E-state index contributed by atoms with van der Waals surface area (Å²) >= 11 is 0. The number of sulfonamides is 1. The monoisotopic (exact) mass is 304 g/mol. The third-order valence-corrected chi connectivity index (χ3v) is 5.31. The van der Waals surface area contributed by atoms with Crippen molar-refractivity contribution in [1.29, 1.82) is 0 Å². The largest absolute Gasteiger partial charge is 0.398 e. The van der Waals surface area contributed by atoms with E-state index in [4.69, 9.17) is 5.73 Å². The van der Waals surface area contributed by atoms with Gasteiger partial charge in [0.05, 0.1) is 4.90 Å². The number of anilines is 1. The average Bonchev–Trinajstić information content (AvgIpc) is 2.44. The van der Waals surface area contributed by atoms with Gasteiger partial charge < -0.3 is 5.73 Å². The molecule has 0 saturated carbocycles. The molecule has 0 spiro atoms. The maximum absolute atomic E-state index is 12.9. The second-order valence-electron chi connectivity index (χ2n) is 5.09. The number of hydrogen-bond donors (Lipinski definition) is 1. The Balaban J connectivity index is 2.65. The third kappa shape index (κ3) is 2.94. The van der Waals surface area contributed by atoms with Gasteiger partial charge in [0, 0.05) is 29.5 Å². The first kappa shape index (κ1) is 15.5. The van der Waals surface area contributed by atoms with Crippen molar-refractivity contribution < 1.29 is 8.42 Å². The molecule has 5 heteroatoms. The quantitative estimate of drug-likeness (QED) is 0.682. The van der Waals surface area contributed by atoms with Crippen LogP contribution in [0.1, 0.15) is 13.8 Å². The van der Waals surface area contributed by atoms with Gasteiger partial charge in [-0.2, -0.15) is 4.31 Å². The lowest BCUT2D eigenvalue weighted by Crippen LogP contribution is -2.32. The fourth-order valence-electron chi connectivity index (χ4n) is 2.33. The molecule has 0 aliphatic heterocycles. The van der Waals surface area contributed by atoms with Crippen LogP contribution < -0.4 is 5.73 Å². The summed E-state index contributed by atoms with van der Waals surface area (Å²) in [7, 11) is -3.57. The number of hydrogen-bond acceptors (Lipinski definition) is 3. The van der Waals surface area contributed by atoms with E-state index in [2.05, 4.69) is 6.58 Å². The molecule has 0 saturated heterocycles. The van der Waals surface area contributed by atoms with Crippen LogP contribution in [0, 0.1) is 0 Å². The minimum absolute atomic E-state index is 0.287. The molecule has 2 aromatic rings. The molecule has 2 N–H and O–H groups in total. The lowest BCUT2D eigenvalue weighted by Gasteiger charge is -2.21. The van der Waals surface area contributed by atoms with Gasteiger partial charge in [-0.15, -0.1) is 0 Å². The molecule has 0 atom stereocenters. The summed E-state index contributed by atoms with van der Waals surface area (Å²) in [5.41, 5.74) is 7.32. The summed E-state index contributed by atoms with van der Waals surface area (Å²) in [4.78, 5) is 0.287. The Labute approximate surface area is 125 Å². The average molecular weight is 304 g/mol.